The topological polar surface area (TPSA) is 80.9 Å². The molecule has 2 aromatic rings. The van der Waals surface area contributed by atoms with Gasteiger partial charge in [0, 0.05) is 18.0 Å². The predicted molar refractivity (Wildman–Crippen MR) is 90.6 cm³/mol. The molecule has 1 aliphatic rings. The molecule has 0 atom stereocenters. The lowest BCUT2D eigenvalue weighted by atomic mass is 9.81. The third-order valence-corrected chi connectivity index (χ3v) is 4.54. The molecule has 0 radical (unpaired) electrons. The normalized spacial score (nSPS) is 20.9. The zero-order valence-corrected chi connectivity index (χ0v) is 13.1. The van der Waals surface area contributed by atoms with Gasteiger partial charge in [0.05, 0.1) is 18.1 Å². The van der Waals surface area contributed by atoms with Gasteiger partial charge in [-0.3, -0.25) is 9.78 Å². The first-order valence-corrected chi connectivity index (χ1v) is 8.13. The van der Waals surface area contributed by atoms with E-state index in [-0.39, 0.29) is 11.8 Å². The van der Waals surface area contributed by atoms with Crippen LogP contribution in [0.1, 0.15) is 25.7 Å². The largest absolute Gasteiger partial charge is 0.369 e. The summed E-state index contributed by atoms with van der Waals surface area (Å²) < 4.78 is 0. The maximum absolute atomic E-state index is 11.2. The second-order valence-electron chi connectivity index (χ2n) is 6.15. The van der Waals surface area contributed by atoms with Crippen molar-refractivity contribution in [3.05, 3.63) is 42.7 Å². The number of nitrogens with one attached hydrogen (secondary N) is 1. The molecule has 3 N–H and O–H groups in total. The second kappa shape index (κ2) is 7.22. The van der Waals surface area contributed by atoms with Crippen LogP contribution in [0.15, 0.2) is 42.7 Å². The third-order valence-electron chi connectivity index (χ3n) is 4.54. The van der Waals surface area contributed by atoms with Gasteiger partial charge in [0.2, 0.25) is 5.91 Å². The van der Waals surface area contributed by atoms with Gasteiger partial charge < -0.3 is 11.1 Å². The Morgan fingerprint density at radius 2 is 1.83 bits per heavy atom. The van der Waals surface area contributed by atoms with Crippen molar-refractivity contribution in [3.8, 4) is 11.3 Å². The minimum absolute atomic E-state index is 0.0659. The van der Waals surface area contributed by atoms with Crippen LogP contribution in [0.25, 0.3) is 11.3 Å². The average Bonchev–Trinajstić information content (AvgIpc) is 2.61. The zero-order valence-electron chi connectivity index (χ0n) is 13.1. The highest BCUT2D eigenvalue weighted by Gasteiger charge is 2.24. The molecule has 1 aliphatic carbocycles. The summed E-state index contributed by atoms with van der Waals surface area (Å²) >= 11 is 0. The van der Waals surface area contributed by atoms with E-state index >= 15 is 0 Å². The fraction of sp³-hybridized carbons (Fsp3) is 0.389. The van der Waals surface area contributed by atoms with Crippen LogP contribution in [-0.2, 0) is 4.79 Å². The van der Waals surface area contributed by atoms with Gasteiger partial charge in [0.1, 0.15) is 5.82 Å². The van der Waals surface area contributed by atoms with E-state index < -0.39 is 0 Å². The first-order valence-electron chi connectivity index (χ1n) is 8.13. The maximum Gasteiger partial charge on any atom is 0.220 e. The van der Waals surface area contributed by atoms with E-state index in [0.29, 0.717) is 5.92 Å². The molecule has 1 amide bonds. The van der Waals surface area contributed by atoms with Crippen LogP contribution in [0.4, 0.5) is 5.82 Å². The van der Waals surface area contributed by atoms with Crippen LogP contribution in [0.3, 0.4) is 0 Å². The van der Waals surface area contributed by atoms with E-state index in [0.717, 1.165) is 49.3 Å². The average molecular weight is 310 g/mol. The first-order chi connectivity index (χ1) is 11.2. The minimum Gasteiger partial charge on any atom is -0.369 e. The summed E-state index contributed by atoms with van der Waals surface area (Å²) in [5.41, 5.74) is 7.31. The number of rotatable bonds is 5. The number of amides is 1. The predicted octanol–water partition coefficient (Wildman–Crippen LogP) is 2.85. The van der Waals surface area contributed by atoms with E-state index in [4.69, 9.17) is 5.73 Å². The van der Waals surface area contributed by atoms with Crippen molar-refractivity contribution in [3.63, 3.8) is 0 Å². The highest BCUT2D eigenvalue weighted by molar-refractivity contribution is 5.76. The Morgan fingerprint density at radius 1 is 1.09 bits per heavy atom. The number of nitrogens with zero attached hydrogens (tertiary/aromatic N) is 2. The van der Waals surface area contributed by atoms with Gasteiger partial charge in [0.15, 0.2) is 0 Å². The Kier molecular flexibility index (Phi) is 4.86. The molecule has 1 aromatic heterocycles. The molecule has 5 heteroatoms. The molecule has 0 spiro atoms. The van der Waals surface area contributed by atoms with E-state index in [2.05, 4.69) is 15.3 Å². The first kappa shape index (κ1) is 15.5. The Bertz CT molecular complexity index is 634. The molecule has 1 heterocycles. The van der Waals surface area contributed by atoms with E-state index in [1.807, 2.05) is 30.3 Å². The third kappa shape index (κ3) is 4.06. The zero-order chi connectivity index (χ0) is 16.1. The molecule has 0 bridgehead atoms. The number of carbonyl (C=O) groups is 1. The maximum atomic E-state index is 11.2. The Labute approximate surface area is 136 Å². The lowest BCUT2D eigenvalue weighted by Gasteiger charge is -2.26. The highest BCUT2D eigenvalue weighted by Crippen LogP contribution is 2.28. The summed E-state index contributed by atoms with van der Waals surface area (Å²) in [7, 11) is 0. The molecule has 0 unspecified atom stereocenters. The number of benzene rings is 1. The van der Waals surface area contributed by atoms with Crippen LogP contribution in [0, 0.1) is 11.8 Å². The van der Waals surface area contributed by atoms with Gasteiger partial charge in [-0.25, -0.2) is 4.98 Å². The highest BCUT2D eigenvalue weighted by atomic mass is 16.1. The fourth-order valence-corrected chi connectivity index (χ4v) is 3.08. The quantitative estimate of drug-likeness (QED) is 0.890. The molecule has 3 rings (SSSR count). The van der Waals surface area contributed by atoms with Crippen molar-refractivity contribution >= 4 is 11.7 Å². The standard InChI is InChI=1S/C18H22N4O/c19-18(23)15-8-6-13(7-9-15)10-21-17-12-20-16(11-22-17)14-4-2-1-3-5-14/h1-5,11-13,15H,6-10H2,(H2,19,23)(H,21,22). The van der Waals surface area contributed by atoms with Gasteiger partial charge in [-0.05, 0) is 31.6 Å². The van der Waals surface area contributed by atoms with E-state index in [1.165, 1.54) is 0 Å². The van der Waals surface area contributed by atoms with Gasteiger partial charge in [-0.15, -0.1) is 0 Å². The van der Waals surface area contributed by atoms with Crippen molar-refractivity contribution < 1.29 is 4.79 Å². The summed E-state index contributed by atoms with van der Waals surface area (Å²) in [6.45, 7) is 0.866. The number of carbonyl (C=O) groups excluding carboxylic acids is 1. The SMILES string of the molecule is NC(=O)C1CCC(CNc2cnc(-c3ccccc3)cn2)CC1. The van der Waals surface area contributed by atoms with Crippen LogP contribution < -0.4 is 11.1 Å². The number of aromatic nitrogens is 2. The second-order valence-corrected chi connectivity index (χ2v) is 6.15. The van der Waals surface area contributed by atoms with Crippen molar-refractivity contribution in [1.29, 1.82) is 0 Å². The molecule has 5 nitrogen and oxygen atoms in total. The molecular weight excluding hydrogens is 288 g/mol. The number of hydrogen-bond acceptors (Lipinski definition) is 4. The fourth-order valence-electron chi connectivity index (χ4n) is 3.08. The van der Waals surface area contributed by atoms with Gasteiger partial charge in [-0.2, -0.15) is 0 Å². The molecule has 0 saturated heterocycles. The van der Waals surface area contributed by atoms with E-state index in [1.54, 1.807) is 12.4 Å². The van der Waals surface area contributed by atoms with Crippen molar-refractivity contribution in [1.82, 2.24) is 9.97 Å². The van der Waals surface area contributed by atoms with Crippen LogP contribution in [-0.4, -0.2) is 22.4 Å². The summed E-state index contributed by atoms with van der Waals surface area (Å²) in [6, 6.07) is 10.0. The Hall–Kier alpha value is -2.43. The van der Waals surface area contributed by atoms with Gasteiger partial charge in [-0.1, -0.05) is 30.3 Å². The number of anilines is 1. The lowest BCUT2D eigenvalue weighted by molar-refractivity contribution is -0.122. The summed E-state index contributed by atoms with van der Waals surface area (Å²) in [4.78, 5) is 20.1. The molecule has 23 heavy (non-hydrogen) atoms. The number of nitrogens with two attached hydrogens (primary N) is 1. The molecule has 0 aliphatic heterocycles. The van der Waals surface area contributed by atoms with E-state index in [9.17, 15) is 4.79 Å². The molecule has 120 valence electrons. The minimum atomic E-state index is -0.154. The summed E-state index contributed by atoms with van der Waals surface area (Å²) in [6.07, 6.45) is 7.45. The summed E-state index contributed by atoms with van der Waals surface area (Å²) in [5.74, 6) is 1.28. The van der Waals surface area contributed by atoms with Crippen LogP contribution >= 0.6 is 0 Å². The van der Waals surface area contributed by atoms with Gasteiger partial charge in [0.25, 0.3) is 0 Å². The smallest absolute Gasteiger partial charge is 0.220 e. The van der Waals surface area contributed by atoms with Crippen molar-refractivity contribution in [2.75, 3.05) is 11.9 Å². The number of primary amides is 1. The molecule has 1 aromatic carbocycles. The number of hydrogen-bond donors (Lipinski definition) is 2. The molecular formula is C18H22N4O. The summed E-state index contributed by atoms with van der Waals surface area (Å²) in [5, 5.41) is 3.35. The monoisotopic (exact) mass is 310 g/mol. The molecule has 1 saturated carbocycles. The van der Waals surface area contributed by atoms with Crippen molar-refractivity contribution in [2.24, 2.45) is 17.6 Å². The van der Waals surface area contributed by atoms with Gasteiger partial charge >= 0.3 is 0 Å². The lowest BCUT2D eigenvalue weighted by Crippen LogP contribution is -2.29. The van der Waals surface area contributed by atoms with Crippen molar-refractivity contribution in [2.45, 2.75) is 25.7 Å². The van der Waals surface area contributed by atoms with Crippen LogP contribution in [0.5, 0.6) is 0 Å². The Balaban J connectivity index is 1.51. The molecule has 1 fully saturated rings. The Morgan fingerprint density at radius 3 is 2.43 bits per heavy atom. The van der Waals surface area contributed by atoms with Crippen LogP contribution in [0.2, 0.25) is 0 Å².